The molecule has 0 saturated heterocycles. The second-order valence-corrected chi connectivity index (χ2v) is 9.49. The SMILES string of the molecule is Cc1cc(Cl)ccc1OC(=O)C(CCS(C)(=O)=O)N1C(=O)c2ccccc2C1=O. The Kier molecular flexibility index (Phi) is 5.77. The largest absolute Gasteiger partial charge is 0.425 e. The lowest BCUT2D eigenvalue weighted by Crippen LogP contribution is -2.47. The maximum atomic E-state index is 12.9. The number of fused-ring (bicyclic) bond motifs is 1. The van der Waals surface area contributed by atoms with Gasteiger partial charge in [0.15, 0.2) is 0 Å². The minimum atomic E-state index is -3.45. The molecule has 1 aliphatic rings. The molecule has 0 aliphatic carbocycles. The number of nitrogens with zero attached hydrogens (tertiary/aromatic N) is 1. The number of esters is 1. The van der Waals surface area contributed by atoms with Crippen LogP contribution in [0.25, 0.3) is 0 Å². The lowest BCUT2D eigenvalue weighted by molar-refractivity contribution is -0.138. The number of hydrogen-bond donors (Lipinski definition) is 0. The number of hydrogen-bond acceptors (Lipinski definition) is 6. The quantitative estimate of drug-likeness (QED) is 0.393. The van der Waals surface area contributed by atoms with Crippen LogP contribution in [0, 0.1) is 6.92 Å². The van der Waals surface area contributed by atoms with E-state index in [1.807, 2.05) is 0 Å². The first-order valence-electron chi connectivity index (χ1n) is 8.71. The van der Waals surface area contributed by atoms with Gasteiger partial charge in [-0.2, -0.15) is 0 Å². The average Bonchev–Trinajstić information content (AvgIpc) is 2.89. The van der Waals surface area contributed by atoms with Crippen LogP contribution in [0.4, 0.5) is 0 Å². The van der Waals surface area contributed by atoms with Crippen molar-refractivity contribution < 1.29 is 27.5 Å². The van der Waals surface area contributed by atoms with Crippen LogP contribution < -0.4 is 4.74 Å². The summed E-state index contributed by atoms with van der Waals surface area (Å²) in [5, 5.41) is 0.455. The van der Waals surface area contributed by atoms with Crippen LogP contribution in [0.15, 0.2) is 42.5 Å². The molecule has 0 saturated carbocycles. The van der Waals surface area contributed by atoms with Crippen LogP contribution >= 0.6 is 11.6 Å². The highest BCUT2D eigenvalue weighted by Gasteiger charge is 2.43. The van der Waals surface area contributed by atoms with Crippen molar-refractivity contribution in [3.05, 3.63) is 64.2 Å². The first-order valence-corrected chi connectivity index (χ1v) is 11.1. The van der Waals surface area contributed by atoms with Gasteiger partial charge in [0.1, 0.15) is 21.6 Å². The van der Waals surface area contributed by atoms with Crippen molar-refractivity contribution >= 4 is 39.2 Å². The summed E-state index contributed by atoms with van der Waals surface area (Å²) in [6.07, 6.45) is 0.747. The number of aryl methyl sites for hydroxylation is 1. The summed E-state index contributed by atoms with van der Waals surface area (Å²) in [5.41, 5.74) is 0.907. The molecule has 0 bridgehead atoms. The summed E-state index contributed by atoms with van der Waals surface area (Å²) < 4.78 is 28.7. The van der Waals surface area contributed by atoms with Crippen molar-refractivity contribution in [2.75, 3.05) is 12.0 Å². The summed E-state index contributed by atoms with van der Waals surface area (Å²) in [6, 6.07) is 9.42. The van der Waals surface area contributed by atoms with Crippen LogP contribution in [0.1, 0.15) is 32.7 Å². The second kappa shape index (κ2) is 7.96. The minimum absolute atomic E-state index is 0.164. The van der Waals surface area contributed by atoms with E-state index in [9.17, 15) is 22.8 Å². The van der Waals surface area contributed by atoms with Crippen LogP contribution in [-0.2, 0) is 14.6 Å². The molecule has 1 unspecified atom stereocenters. The minimum Gasteiger partial charge on any atom is -0.425 e. The van der Waals surface area contributed by atoms with Crippen LogP contribution in [0.3, 0.4) is 0 Å². The summed E-state index contributed by atoms with van der Waals surface area (Å²) in [6.45, 7) is 1.68. The van der Waals surface area contributed by atoms with E-state index in [2.05, 4.69) is 0 Å². The average molecular weight is 436 g/mol. The van der Waals surface area contributed by atoms with Crippen LogP contribution in [-0.4, -0.2) is 49.2 Å². The molecule has 0 N–H and O–H groups in total. The van der Waals surface area contributed by atoms with Gasteiger partial charge in [0.25, 0.3) is 11.8 Å². The molecule has 1 heterocycles. The molecule has 0 spiro atoms. The van der Waals surface area contributed by atoms with Gasteiger partial charge in [0, 0.05) is 11.3 Å². The Balaban J connectivity index is 1.93. The first-order chi connectivity index (χ1) is 13.6. The molecule has 7 nitrogen and oxygen atoms in total. The number of amides is 2. The maximum absolute atomic E-state index is 12.9. The standard InChI is InChI=1S/C20H18ClNO6S/c1-12-11-13(21)7-8-17(12)28-20(25)16(9-10-29(2,26)27)22-18(23)14-5-3-4-6-15(14)19(22)24/h3-8,11,16H,9-10H2,1-2H3. The van der Waals surface area contributed by atoms with Crippen molar-refractivity contribution in [1.82, 2.24) is 4.90 Å². The molecule has 1 aliphatic heterocycles. The number of sulfone groups is 1. The fourth-order valence-electron chi connectivity index (χ4n) is 3.07. The van der Waals surface area contributed by atoms with Crippen molar-refractivity contribution in [3.63, 3.8) is 0 Å². The molecule has 29 heavy (non-hydrogen) atoms. The monoisotopic (exact) mass is 435 g/mol. The van der Waals surface area contributed by atoms with Crippen molar-refractivity contribution in [2.24, 2.45) is 0 Å². The second-order valence-electron chi connectivity index (χ2n) is 6.79. The molecule has 3 rings (SSSR count). The number of rotatable bonds is 6. The smallest absolute Gasteiger partial charge is 0.334 e. The highest BCUT2D eigenvalue weighted by molar-refractivity contribution is 7.90. The fraction of sp³-hybridized carbons (Fsp3) is 0.250. The van der Waals surface area contributed by atoms with E-state index in [0.29, 0.717) is 10.6 Å². The number of halogens is 1. The third kappa shape index (κ3) is 4.49. The van der Waals surface area contributed by atoms with E-state index >= 15 is 0 Å². The van der Waals surface area contributed by atoms with Gasteiger partial charge in [-0.15, -0.1) is 0 Å². The number of imide groups is 1. The van der Waals surface area contributed by atoms with E-state index in [0.717, 1.165) is 11.2 Å². The zero-order valence-corrected chi connectivity index (χ0v) is 17.3. The van der Waals surface area contributed by atoms with Crippen molar-refractivity contribution in [1.29, 1.82) is 0 Å². The van der Waals surface area contributed by atoms with Gasteiger partial charge < -0.3 is 4.74 Å². The topological polar surface area (TPSA) is 97.8 Å². The highest BCUT2D eigenvalue weighted by atomic mass is 35.5. The Morgan fingerprint density at radius 3 is 2.21 bits per heavy atom. The van der Waals surface area contributed by atoms with Crippen molar-refractivity contribution in [2.45, 2.75) is 19.4 Å². The van der Waals surface area contributed by atoms with Gasteiger partial charge >= 0.3 is 5.97 Å². The van der Waals surface area contributed by atoms with Gasteiger partial charge in [0.2, 0.25) is 0 Å². The highest BCUT2D eigenvalue weighted by Crippen LogP contribution is 2.28. The summed E-state index contributed by atoms with van der Waals surface area (Å²) in [7, 11) is -3.45. The molecular weight excluding hydrogens is 418 g/mol. The molecule has 9 heteroatoms. The number of carbonyl (C=O) groups excluding carboxylic acids is 3. The number of carbonyl (C=O) groups is 3. The van der Waals surface area contributed by atoms with Gasteiger partial charge in [-0.3, -0.25) is 14.5 Å². The van der Waals surface area contributed by atoms with Gasteiger partial charge in [0.05, 0.1) is 16.9 Å². The molecule has 0 radical (unpaired) electrons. The summed E-state index contributed by atoms with van der Waals surface area (Å²) in [5.74, 6) is -2.39. The molecule has 0 fully saturated rings. The van der Waals surface area contributed by atoms with Gasteiger partial charge in [-0.1, -0.05) is 23.7 Å². The summed E-state index contributed by atoms with van der Waals surface area (Å²) in [4.78, 5) is 39.2. The van der Waals surface area contributed by atoms with Crippen LogP contribution in [0.2, 0.25) is 5.02 Å². The maximum Gasteiger partial charge on any atom is 0.334 e. The Labute approximate surface area is 173 Å². The molecular formula is C20H18ClNO6S. The summed E-state index contributed by atoms with van der Waals surface area (Å²) >= 11 is 5.90. The lowest BCUT2D eigenvalue weighted by atomic mass is 10.1. The molecule has 0 aromatic heterocycles. The fourth-order valence-corrected chi connectivity index (χ4v) is 3.95. The van der Waals surface area contributed by atoms with Gasteiger partial charge in [-0.25, -0.2) is 13.2 Å². The third-order valence-corrected chi connectivity index (χ3v) is 5.73. The lowest BCUT2D eigenvalue weighted by Gasteiger charge is -2.24. The van der Waals surface area contributed by atoms with E-state index in [-0.39, 0.29) is 29.1 Å². The number of ether oxygens (including phenoxy) is 1. The third-order valence-electron chi connectivity index (χ3n) is 4.52. The van der Waals surface area contributed by atoms with E-state index in [4.69, 9.17) is 16.3 Å². The predicted octanol–water partition coefficient (Wildman–Crippen LogP) is 2.65. The molecule has 1 atom stereocenters. The molecule has 2 aromatic rings. The molecule has 2 amide bonds. The molecule has 152 valence electrons. The van der Waals surface area contributed by atoms with E-state index in [1.54, 1.807) is 25.1 Å². The van der Waals surface area contributed by atoms with Crippen LogP contribution in [0.5, 0.6) is 5.75 Å². The Bertz CT molecular complexity index is 1080. The number of benzene rings is 2. The zero-order valence-electron chi connectivity index (χ0n) is 15.7. The van der Waals surface area contributed by atoms with E-state index in [1.165, 1.54) is 24.3 Å². The normalized spacial score (nSPS) is 14.7. The van der Waals surface area contributed by atoms with E-state index < -0.39 is 33.7 Å². The first kappa shape index (κ1) is 21.0. The Hall–Kier alpha value is -2.71. The zero-order chi connectivity index (χ0) is 21.3. The Morgan fingerprint density at radius 2 is 1.69 bits per heavy atom. The van der Waals surface area contributed by atoms with Crippen molar-refractivity contribution in [3.8, 4) is 5.75 Å². The van der Waals surface area contributed by atoms with Gasteiger partial charge in [-0.05, 0) is 49.2 Å². The molecule has 2 aromatic carbocycles. The predicted molar refractivity (Wildman–Crippen MR) is 107 cm³/mol. The Morgan fingerprint density at radius 1 is 1.10 bits per heavy atom.